The third kappa shape index (κ3) is 4.43. The Labute approximate surface area is 58.0 Å². The molecule has 56 valence electrons. The maximum Gasteiger partial charge on any atom is 0.00159 e. The average Bonchev–Trinajstić information content (AvgIpc) is 1.87. The van der Waals surface area contributed by atoms with Crippen LogP contribution >= 0.6 is 0 Å². The molecular weight excluding hydrogens is 112 g/mol. The molecule has 0 saturated heterocycles. The van der Waals surface area contributed by atoms with Gasteiger partial charge in [-0.25, -0.2) is 0 Å². The van der Waals surface area contributed by atoms with E-state index in [9.17, 15) is 0 Å². The zero-order valence-corrected chi connectivity index (χ0v) is 6.72. The monoisotopic (exact) mass is 130 g/mol. The van der Waals surface area contributed by atoms with Gasteiger partial charge >= 0.3 is 0 Å². The summed E-state index contributed by atoms with van der Waals surface area (Å²) in [6.07, 6.45) is 0. The summed E-state index contributed by atoms with van der Waals surface area (Å²) >= 11 is 0. The Morgan fingerprint density at radius 3 is 2.44 bits per heavy atom. The lowest BCUT2D eigenvalue weighted by Crippen LogP contribution is -2.27. The van der Waals surface area contributed by atoms with Crippen LogP contribution < -0.4 is 5.73 Å². The summed E-state index contributed by atoms with van der Waals surface area (Å²) in [4.78, 5) is 2.28. The van der Waals surface area contributed by atoms with Gasteiger partial charge in [-0.3, -0.25) is 0 Å². The van der Waals surface area contributed by atoms with E-state index >= 15 is 0 Å². The lowest BCUT2D eigenvalue weighted by molar-refractivity contribution is 0.303. The van der Waals surface area contributed by atoms with E-state index in [1.807, 2.05) is 0 Å². The second-order valence-electron chi connectivity index (χ2n) is 2.70. The van der Waals surface area contributed by atoms with Crippen molar-refractivity contribution in [2.45, 2.75) is 13.8 Å². The van der Waals surface area contributed by atoms with Crippen LogP contribution in [0.2, 0.25) is 0 Å². The molecule has 2 heteroatoms. The Hall–Kier alpha value is -0.0800. The quantitative estimate of drug-likeness (QED) is 0.601. The lowest BCUT2D eigenvalue weighted by Gasteiger charge is -2.17. The van der Waals surface area contributed by atoms with Crippen molar-refractivity contribution >= 4 is 0 Å². The number of hydrogen-bond acceptors (Lipinski definition) is 2. The molecule has 0 bridgehead atoms. The normalized spacial score (nSPS) is 14.3. The molecule has 0 aromatic carbocycles. The van der Waals surface area contributed by atoms with Crippen molar-refractivity contribution in [1.29, 1.82) is 0 Å². The van der Waals surface area contributed by atoms with Gasteiger partial charge < -0.3 is 10.6 Å². The maximum absolute atomic E-state index is 5.45. The summed E-state index contributed by atoms with van der Waals surface area (Å²) in [5, 5.41) is 0. The first-order valence-corrected chi connectivity index (χ1v) is 3.59. The van der Waals surface area contributed by atoms with E-state index in [0.717, 1.165) is 19.6 Å². The van der Waals surface area contributed by atoms with E-state index in [4.69, 9.17) is 5.73 Å². The van der Waals surface area contributed by atoms with E-state index in [1.165, 1.54) is 0 Å². The van der Waals surface area contributed by atoms with Gasteiger partial charge in [0, 0.05) is 6.54 Å². The molecule has 0 unspecified atom stereocenters. The summed E-state index contributed by atoms with van der Waals surface area (Å²) in [5.74, 6) is 0.634. The standard InChI is InChI=1S/C7H18N2/c1-4-9(3)6-7(2)5-8/h7H,4-6,8H2,1-3H3/t7-/m1/s1. The van der Waals surface area contributed by atoms with Crippen LogP contribution in [-0.4, -0.2) is 31.6 Å². The van der Waals surface area contributed by atoms with E-state index in [1.54, 1.807) is 0 Å². The maximum atomic E-state index is 5.45. The highest BCUT2D eigenvalue weighted by molar-refractivity contribution is 4.56. The van der Waals surface area contributed by atoms with E-state index < -0.39 is 0 Å². The third-order valence-electron chi connectivity index (χ3n) is 1.57. The van der Waals surface area contributed by atoms with Crippen LogP contribution in [0, 0.1) is 5.92 Å². The van der Waals surface area contributed by atoms with Crippen LogP contribution in [0.4, 0.5) is 0 Å². The topological polar surface area (TPSA) is 29.3 Å². The summed E-state index contributed by atoms with van der Waals surface area (Å²) in [6, 6.07) is 0. The highest BCUT2D eigenvalue weighted by atomic mass is 15.1. The minimum absolute atomic E-state index is 0.634. The molecule has 2 nitrogen and oxygen atoms in total. The first kappa shape index (κ1) is 8.92. The van der Waals surface area contributed by atoms with Gasteiger partial charge in [0.25, 0.3) is 0 Å². The summed E-state index contributed by atoms with van der Waals surface area (Å²) in [6.45, 7) is 7.36. The van der Waals surface area contributed by atoms with Gasteiger partial charge in [-0.05, 0) is 26.1 Å². The predicted molar refractivity (Wildman–Crippen MR) is 41.4 cm³/mol. The molecular formula is C7H18N2. The highest BCUT2D eigenvalue weighted by Gasteiger charge is 2.00. The van der Waals surface area contributed by atoms with E-state index in [2.05, 4.69) is 25.8 Å². The Bertz CT molecular complexity index is 55.9. The van der Waals surface area contributed by atoms with Crippen LogP contribution in [0.25, 0.3) is 0 Å². The fourth-order valence-corrected chi connectivity index (χ4v) is 0.736. The molecule has 2 N–H and O–H groups in total. The van der Waals surface area contributed by atoms with Gasteiger partial charge in [0.15, 0.2) is 0 Å². The van der Waals surface area contributed by atoms with Crippen molar-refractivity contribution < 1.29 is 0 Å². The van der Waals surface area contributed by atoms with Crippen molar-refractivity contribution in [3.63, 3.8) is 0 Å². The van der Waals surface area contributed by atoms with Crippen LogP contribution in [0.3, 0.4) is 0 Å². The van der Waals surface area contributed by atoms with Crippen molar-refractivity contribution in [2.75, 3.05) is 26.7 Å². The van der Waals surface area contributed by atoms with Crippen LogP contribution in [-0.2, 0) is 0 Å². The summed E-state index contributed by atoms with van der Waals surface area (Å²) in [5.41, 5.74) is 5.45. The van der Waals surface area contributed by atoms with Gasteiger partial charge in [-0.15, -0.1) is 0 Å². The van der Waals surface area contributed by atoms with Crippen molar-refractivity contribution in [2.24, 2.45) is 11.7 Å². The SMILES string of the molecule is CCN(C)C[C@H](C)CN. The Kier molecular flexibility index (Phi) is 4.72. The summed E-state index contributed by atoms with van der Waals surface area (Å²) < 4.78 is 0. The number of nitrogens with zero attached hydrogens (tertiary/aromatic N) is 1. The molecule has 0 aromatic heterocycles. The van der Waals surface area contributed by atoms with Gasteiger partial charge in [0.2, 0.25) is 0 Å². The molecule has 0 aromatic rings. The molecule has 0 amide bonds. The second-order valence-corrected chi connectivity index (χ2v) is 2.70. The van der Waals surface area contributed by atoms with Crippen molar-refractivity contribution in [3.8, 4) is 0 Å². The molecule has 0 spiro atoms. The Morgan fingerprint density at radius 2 is 2.11 bits per heavy atom. The van der Waals surface area contributed by atoms with Gasteiger partial charge in [-0.1, -0.05) is 13.8 Å². The van der Waals surface area contributed by atoms with Crippen molar-refractivity contribution in [3.05, 3.63) is 0 Å². The largest absolute Gasteiger partial charge is 0.330 e. The molecule has 1 atom stereocenters. The first-order chi connectivity index (χ1) is 4.20. The molecule has 0 heterocycles. The molecule has 0 aliphatic heterocycles. The minimum Gasteiger partial charge on any atom is -0.330 e. The van der Waals surface area contributed by atoms with Crippen LogP contribution in [0.1, 0.15) is 13.8 Å². The fourth-order valence-electron chi connectivity index (χ4n) is 0.736. The first-order valence-electron chi connectivity index (χ1n) is 3.59. The summed E-state index contributed by atoms with van der Waals surface area (Å²) in [7, 11) is 2.12. The second kappa shape index (κ2) is 4.77. The van der Waals surface area contributed by atoms with Gasteiger partial charge in [-0.2, -0.15) is 0 Å². The zero-order valence-electron chi connectivity index (χ0n) is 6.72. The Balaban J connectivity index is 3.22. The molecule has 0 aliphatic rings. The molecule has 0 fully saturated rings. The van der Waals surface area contributed by atoms with Crippen LogP contribution in [0.15, 0.2) is 0 Å². The third-order valence-corrected chi connectivity index (χ3v) is 1.57. The average molecular weight is 130 g/mol. The van der Waals surface area contributed by atoms with E-state index in [0.29, 0.717) is 5.92 Å². The van der Waals surface area contributed by atoms with Crippen LogP contribution in [0.5, 0.6) is 0 Å². The molecule has 0 aliphatic carbocycles. The lowest BCUT2D eigenvalue weighted by atomic mass is 10.2. The fraction of sp³-hybridized carbons (Fsp3) is 1.00. The van der Waals surface area contributed by atoms with Crippen molar-refractivity contribution in [1.82, 2.24) is 4.90 Å². The number of rotatable bonds is 4. The number of hydrogen-bond donors (Lipinski definition) is 1. The molecule has 0 radical (unpaired) electrons. The Morgan fingerprint density at radius 1 is 1.56 bits per heavy atom. The van der Waals surface area contributed by atoms with E-state index in [-0.39, 0.29) is 0 Å². The highest BCUT2D eigenvalue weighted by Crippen LogP contribution is 1.93. The molecule has 0 rings (SSSR count). The zero-order chi connectivity index (χ0) is 7.28. The minimum atomic E-state index is 0.634. The smallest absolute Gasteiger partial charge is 0.00159 e. The predicted octanol–water partition coefficient (Wildman–Crippen LogP) is 0.533. The number of nitrogens with two attached hydrogens (primary N) is 1. The molecule has 9 heavy (non-hydrogen) atoms. The van der Waals surface area contributed by atoms with Gasteiger partial charge in [0.05, 0.1) is 0 Å². The molecule has 0 saturated carbocycles. The van der Waals surface area contributed by atoms with Gasteiger partial charge in [0.1, 0.15) is 0 Å².